The van der Waals surface area contributed by atoms with E-state index in [2.05, 4.69) is 15.5 Å². The fraction of sp³-hybridized carbons (Fsp3) is 0.429. The second-order valence-electron chi connectivity index (χ2n) is 10.1. The predicted molar refractivity (Wildman–Crippen MR) is 144 cm³/mol. The van der Waals surface area contributed by atoms with Gasteiger partial charge in [-0.25, -0.2) is 13.8 Å². The highest BCUT2D eigenvalue weighted by molar-refractivity contribution is 7.23. The number of nitrogens with one attached hydrogen (secondary N) is 2. The number of alkyl halides is 1. The Morgan fingerprint density at radius 1 is 1.16 bits per heavy atom. The summed E-state index contributed by atoms with van der Waals surface area (Å²) in [7, 11) is 0. The number of carbonyl (C=O) groups excluding carboxylic acids is 1. The number of hydrogen-bond donors (Lipinski definition) is 2. The molecule has 0 aliphatic carbocycles. The van der Waals surface area contributed by atoms with Gasteiger partial charge in [-0.3, -0.25) is 9.20 Å². The maximum Gasteiger partial charge on any atom is 0.251 e. The zero-order valence-electron chi connectivity index (χ0n) is 20.7. The molecule has 194 valence electrons. The lowest BCUT2D eigenvalue weighted by Crippen LogP contribution is -2.36. The molecule has 2 aliphatic heterocycles. The third kappa shape index (κ3) is 5.12. The van der Waals surface area contributed by atoms with E-state index >= 15 is 0 Å². The molecule has 2 N–H and O–H groups in total. The second kappa shape index (κ2) is 10.5. The van der Waals surface area contributed by atoms with Crippen molar-refractivity contribution in [3.8, 4) is 11.3 Å². The van der Waals surface area contributed by atoms with Crippen LogP contribution in [0.2, 0.25) is 0 Å². The summed E-state index contributed by atoms with van der Waals surface area (Å²) >= 11 is 1.49. The Bertz CT molecular complexity index is 1420. The van der Waals surface area contributed by atoms with Crippen LogP contribution in [0.1, 0.15) is 47.5 Å². The molecule has 4 heterocycles. The molecule has 2 aromatic carbocycles. The van der Waals surface area contributed by atoms with Crippen LogP contribution in [0.25, 0.3) is 26.4 Å². The van der Waals surface area contributed by atoms with E-state index in [-0.39, 0.29) is 11.7 Å². The van der Waals surface area contributed by atoms with Crippen molar-refractivity contribution in [1.82, 2.24) is 24.9 Å². The van der Waals surface area contributed by atoms with Gasteiger partial charge in [-0.2, -0.15) is 0 Å². The number of amides is 1. The fourth-order valence-corrected chi connectivity index (χ4v) is 6.48. The first-order chi connectivity index (χ1) is 18.0. The van der Waals surface area contributed by atoms with Gasteiger partial charge in [-0.05, 0) is 80.6 Å². The lowest BCUT2D eigenvalue weighted by Gasteiger charge is -2.28. The molecule has 0 bridgehead atoms. The van der Waals surface area contributed by atoms with Gasteiger partial charge in [0.25, 0.3) is 5.91 Å². The summed E-state index contributed by atoms with van der Waals surface area (Å²) in [6.07, 6.45) is 4.30. The van der Waals surface area contributed by atoms with Crippen LogP contribution in [0, 0.1) is 5.82 Å². The van der Waals surface area contributed by atoms with Crippen molar-refractivity contribution in [2.45, 2.75) is 37.8 Å². The van der Waals surface area contributed by atoms with Crippen LogP contribution in [0.4, 0.5) is 8.78 Å². The Labute approximate surface area is 218 Å². The first kappa shape index (κ1) is 24.5. The Hall–Kier alpha value is -2.88. The molecule has 37 heavy (non-hydrogen) atoms. The van der Waals surface area contributed by atoms with Crippen LogP contribution in [-0.2, 0) is 0 Å². The lowest BCUT2D eigenvalue weighted by molar-refractivity contribution is 0.0950. The van der Waals surface area contributed by atoms with E-state index in [1.165, 1.54) is 11.3 Å². The number of hydrogen-bond acceptors (Lipinski definition) is 5. The van der Waals surface area contributed by atoms with E-state index in [0.717, 1.165) is 66.3 Å². The van der Waals surface area contributed by atoms with Crippen molar-refractivity contribution >= 4 is 32.4 Å². The smallest absolute Gasteiger partial charge is 0.251 e. The van der Waals surface area contributed by atoms with E-state index in [0.29, 0.717) is 42.1 Å². The molecule has 2 aromatic heterocycles. The molecule has 0 saturated carbocycles. The minimum absolute atomic E-state index is 0.101. The molecule has 2 saturated heterocycles. The molecule has 0 unspecified atom stereocenters. The lowest BCUT2D eigenvalue weighted by atomic mass is 9.96. The largest absolute Gasteiger partial charge is 0.352 e. The van der Waals surface area contributed by atoms with E-state index < -0.39 is 6.17 Å². The van der Waals surface area contributed by atoms with Crippen LogP contribution < -0.4 is 10.6 Å². The molecule has 6 rings (SSSR count). The number of halogens is 2. The number of thiazole rings is 1. The number of likely N-dealkylation sites (tertiary alicyclic amines) is 1. The highest BCUT2D eigenvalue weighted by Gasteiger charge is 2.20. The number of benzene rings is 2. The van der Waals surface area contributed by atoms with Gasteiger partial charge in [0.15, 0.2) is 4.96 Å². The van der Waals surface area contributed by atoms with E-state index in [9.17, 15) is 13.6 Å². The third-order valence-corrected chi connectivity index (χ3v) is 8.63. The number of aromatic nitrogens is 2. The van der Waals surface area contributed by atoms with Crippen molar-refractivity contribution in [2.24, 2.45) is 0 Å². The number of nitrogens with zero attached hydrogens (tertiary/aromatic N) is 3. The Morgan fingerprint density at radius 3 is 2.81 bits per heavy atom. The van der Waals surface area contributed by atoms with Gasteiger partial charge in [0.1, 0.15) is 12.0 Å². The average Bonchev–Trinajstić information content (AvgIpc) is 3.64. The molecular weight excluding hydrogens is 492 g/mol. The van der Waals surface area contributed by atoms with Crippen molar-refractivity contribution in [2.75, 3.05) is 39.3 Å². The minimum atomic E-state index is -0.663. The Kier molecular flexibility index (Phi) is 6.92. The SMILES string of the molecule is O=C(NCCCN1CCC(F)CC1)c1ccc2c(c1)sc1nc(-c3ccc([C@H]4CCNC4)cc3F)cn12. The van der Waals surface area contributed by atoms with Gasteiger partial charge < -0.3 is 15.5 Å². The summed E-state index contributed by atoms with van der Waals surface area (Å²) in [5.41, 5.74) is 3.70. The predicted octanol–water partition coefficient (Wildman–Crippen LogP) is 4.99. The van der Waals surface area contributed by atoms with E-state index in [1.54, 1.807) is 6.07 Å². The van der Waals surface area contributed by atoms with E-state index in [1.807, 2.05) is 40.9 Å². The summed E-state index contributed by atoms with van der Waals surface area (Å²) in [5, 5.41) is 6.33. The molecular formula is C28H31F2N5OS. The van der Waals surface area contributed by atoms with Crippen molar-refractivity contribution < 1.29 is 13.6 Å². The van der Waals surface area contributed by atoms with Crippen molar-refractivity contribution in [1.29, 1.82) is 0 Å². The maximum atomic E-state index is 15.0. The highest BCUT2D eigenvalue weighted by Crippen LogP contribution is 2.32. The number of carbonyl (C=O) groups is 1. The molecule has 4 aromatic rings. The quantitative estimate of drug-likeness (QED) is 0.335. The number of fused-ring (bicyclic) bond motifs is 3. The summed E-state index contributed by atoms with van der Waals surface area (Å²) in [6.45, 7) is 4.92. The molecule has 0 spiro atoms. The van der Waals surface area contributed by atoms with Crippen LogP contribution in [0.3, 0.4) is 0 Å². The van der Waals surface area contributed by atoms with Crippen molar-refractivity contribution in [3.63, 3.8) is 0 Å². The normalized spacial score (nSPS) is 19.2. The van der Waals surface area contributed by atoms with Crippen LogP contribution >= 0.6 is 11.3 Å². The summed E-state index contributed by atoms with van der Waals surface area (Å²) in [4.78, 5) is 20.4. The van der Waals surface area contributed by atoms with E-state index in [4.69, 9.17) is 4.98 Å². The highest BCUT2D eigenvalue weighted by atomic mass is 32.1. The van der Waals surface area contributed by atoms with Gasteiger partial charge in [0.05, 0.1) is 15.9 Å². The first-order valence-electron chi connectivity index (χ1n) is 13.1. The summed E-state index contributed by atoms with van der Waals surface area (Å²) in [5.74, 6) is 0.0191. The average molecular weight is 524 g/mol. The van der Waals surface area contributed by atoms with Gasteiger partial charge in [-0.1, -0.05) is 17.4 Å². The fourth-order valence-electron chi connectivity index (χ4n) is 5.44. The summed E-state index contributed by atoms with van der Waals surface area (Å²) in [6, 6.07) is 11.1. The molecule has 2 aliphatic rings. The van der Waals surface area contributed by atoms with Gasteiger partial charge in [-0.15, -0.1) is 0 Å². The first-order valence-corrected chi connectivity index (χ1v) is 13.9. The third-order valence-electron chi connectivity index (χ3n) is 7.61. The summed E-state index contributed by atoms with van der Waals surface area (Å²) < 4.78 is 31.2. The Balaban J connectivity index is 1.12. The van der Waals surface area contributed by atoms with Gasteiger partial charge in [0, 0.05) is 43.5 Å². The zero-order valence-corrected chi connectivity index (χ0v) is 21.5. The van der Waals surface area contributed by atoms with Crippen LogP contribution in [-0.4, -0.2) is 65.6 Å². The Morgan fingerprint density at radius 2 is 2.03 bits per heavy atom. The standard InChI is InChI=1S/C28H31F2N5OS/c29-21-7-12-34(13-8-21)11-1-9-32-27(36)19-3-5-25-26(15-19)37-28-33-24(17-35(25)28)22-4-2-18(14-23(22)30)20-6-10-31-16-20/h2-5,14-15,17,20-21,31H,1,6-13,16H2,(H,32,36)/t20-/m0/s1. The monoisotopic (exact) mass is 523 g/mol. The molecule has 6 nitrogen and oxygen atoms in total. The molecule has 1 amide bonds. The molecule has 1 atom stereocenters. The molecule has 0 radical (unpaired) electrons. The number of piperidine rings is 1. The van der Waals surface area contributed by atoms with Crippen molar-refractivity contribution in [3.05, 3.63) is 59.5 Å². The molecule has 2 fully saturated rings. The van der Waals surface area contributed by atoms with Crippen LogP contribution in [0.5, 0.6) is 0 Å². The topological polar surface area (TPSA) is 61.7 Å². The van der Waals surface area contributed by atoms with Gasteiger partial charge in [0.2, 0.25) is 0 Å². The number of imidazole rings is 1. The second-order valence-corrected chi connectivity index (χ2v) is 11.1. The maximum absolute atomic E-state index is 15.0. The van der Waals surface area contributed by atoms with Crippen LogP contribution in [0.15, 0.2) is 42.6 Å². The molecule has 9 heteroatoms. The van der Waals surface area contributed by atoms with Gasteiger partial charge >= 0.3 is 0 Å². The number of rotatable bonds is 7. The minimum Gasteiger partial charge on any atom is -0.352 e. The zero-order chi connectivity index (χ0) is 25.4.